The van der Waals surface area contributed by atoms with E-state index in [0.717, 1.165) is 33.3 Å². The minimum Gasteiger partial charge on any atom is -0.507 e. The zero-order valence-electron chi connectivity index (χ0n) is 17.1. The van der Waals surface area contributed by atoms with Gasteiger partial charge in [0.15, 0.2) is 0 Å². The fourth-order valence-corrected chi connectivity index (χ4v) is 4.19. The van der Waals surface area contributed by atoms with Gasteiger partial charge >= 0.3 is 0 Å². The molecule has 5 rings (SSSR count). The van der Waals surface area contributed by atoms with E-state index in [0.29, 0.717) is 24.3 Å². The summed E-state index contributed by atoms with van der Waals surface area (Å²) in [7, 11) is 3.64. The second kappa shape index (κ2) is 6.91. The van der Waals surface area contributed by atoms with Crippen LogP contribution in [0, 0.1) is 6.92 Å². The molecule has 0 aliphatic carbocycles. The number of benzene rings is 1. The Morgan fingerprint density at radius 1 is 1.13 bits per heavy atom. The maximum atomic E-state index is 14.1. The van der Waals surface area contributed by atoms with Crippen molar-refractivity contribution in [3.8, 4) is 17.0 Å². The molecule has 1 aliphatic heterocycles. The number of nitrogens with zero attached hydrogens (tertiary/aromatic N) is 5. The molecule has 0 unspecified atom stereocenters. The van der Waals surface area contributed by atoms with E-state index in [4.69, 9.17) is 4.98 Å². The molecule has 0 bridgehead atoms. The van der Waals surface area contributed by atoms with Gasteiger partial charge in [0.2, 0.25) is 0 Å². The Hall–Kier alpha value is -3.26. The van der Waals surface area contributed by atoms with Crippen LogP contribution in [0.5, 0.6) is 5.75 Å². The maximum absolute atomic E-state index is 14.1. The maximum Gasteiger partial charge on any atom is 0.134 e. The Kier molecular flexibility index (Phi) is 4.32. The monoisotopic (exact) mass is 406 g/mol. The fourth-order valence-electron chi connectivity index (χ4n) is 4.19. The van der Waals surface area contributed by atoms with Gasteiger partial charge in [0.05, 0.1) is 34.8 Å². The Bertz CT molecular complexity index is 1270. The molecule has 4 heterocycles. The fraction of sp³-hybridized carbons (Fsp3) is 0.318. The van der Waals surface area contributed by atoms with Gasteiger partial charge < -0.3 is 15.3 Å². The number of rotatable bonds is 3. The van der Waals surface area contributed by atoms with Crippen LogP contribution < -0.4 is 10.2 Å². The molecule has 1 fully saturated rings. The van der Waals surface area contributed by atoms with Gasteiger partial charge in [-0.05, 0) is 44.3 Å². The number of alkyl halides is 1. The number of phenols is 1. The normalized spacial score (nSPS) is 19.3. The molecule has 1 aromatic carbocycles. The molecule has 0 radical (unpaired) electrons. The van der Waals surface area contributed by atoms with Crippen LogP contribution in [0.15, 0.2) is 36.5 Å². The molecule has 8 heteroatoms. The molecule has 7 nitrogen and oxygen atoms in total. The summed E-state index contributed by atoms with van der Waals surface area (Å²) in [5.74, 6) is 0.926. The van der Waals surface area contributed by atoms with Crippen molar-refractivity contribution in [2.45, 2.75) is 19.1 Å². The first-order valence-electron chi connectivity index (χ1n) is 9.95. The summed E-state index contributed by atoms with van der Waals surface area (Å²) < 4.78 is 15.8. The highest BCUT2D eigenvalue weighted by Crippen LogP contribution is 2.36. The second-order valence-electron chi connectivity index (χ2n) is 7.86. The van der Waals surface area contributed by atoms with Crippen molar-refractivity contribution < 1.29 is 9.50 Å². The highest BCUT2D eigenvalue weighted by Gasteiger charge is 2.32. The number of phenolic OH excluding ortho intramolecular Hbond substituents is 1. The zero-order chi connectivity index (χ0) is 21.0. The Labute approximate surface area is 173 Å². The molecule has 2 N–H and O–H groups in total. The van der Waals surface area contributed by atoms with Gasteiger partial charge in [0.25, 0.3) is 0 Å². The van der Waals surface area contributed by atoms with Crippen molar-refractivity contribution in [3.63, 3.8) is 0 Å². The number of pyridine rings is 2. The van der Waals surface area contributed by atoms with E-state index in [1.165, 1.54) is 0 Å². The Balaban J connectivity index is 1.53. The summed E-state index contributed by atoms with van der Waals surface area (Å²) in [6, 6.07) is 9.24. The first-order chi connectivity index (χ1) is 14.4. The third-order valence-electron chi connectivity index (χ3n) is 5.87. The first kappa shape index (κ1) is 18.7. The molecular formula is C22H23FN6O. The number of nitrogens with one attached hydrogen (secondary N) is 1. The van der Waals surface area contributed by atoms with Crippen LogP contribution in [0.25, 0.3) is 33.2 Å². The highest BCUT2D eigenvalue weighted by atomic mass is 19.1. The number of aryl methyl sites for hydroxylation is 2. The highest BCUT2D eigenvalue weighted by molar-refractivity contribution is 5.91. The lowest BCUT2D eigenvalue weighted by Gasteiger charge is -2.17. The van der Waals surface area contributed by atoms with Crippen LogP contribution in [0.4, 0.5) is 10.2 Å². The van der Waals surface area contributed by atoms with Crippen LogP contribution in [-0.2, 0) is 7.05 Å². The quantitative estimate of drug-likeness (QED) is 0.545. The van der Waals surface area contributed by atoms with Gasteiger partial charge in [-0.3, -0.25) is 4.68 Å². The third-order valence-corrected chi connectivity index (χ3v) is 5.87. The largest absolute Gasteiger partial charge is 0.507 e. The number of aromatic nitrogens is 4. The molecule has 3 aromatic heterocycles. The molecule has 0 amide bonds. The minimum atomic E-state index is -0.915. The smallest absolute Gasteiger partial charge is 0.134 e. The lowest BCUT2D eigenvalue weighted by molar-refractivity contribution is 0.310. The van der Waals surface area contributed by atoms with Gasteiger partial charge in [0.1, 0.15) is 17.7 Å². The van der Waals surface area contributed by atoms with E-state index in [1.807, 2.05) is 55.4 Å². The van der Waals surface area contributed by atoms with E-state index < -0.39 is 6.17 Å². The van der Waals surface area contributed by atoms with Gasteiger partial charge in [0, 0.05) is 36.3 Å². The number of hydrogen-bond acceptors (Lipinski definition) is 6. The van der Waals surface area contributed by atoms with Crippen LogP contribution in [0.2, 0.25) is 0 Å². The minimum absolute atomic E-state index is 0.182. The average Bonchev–Trinajstić information content (AvgIpc) is 3.31. The van der Waals surface area contributed by atoms with Crippen LogP contribution in [-0.4, -0.2) is 57.2 Å². The summed E-state index contributed by atoms with van der Waals surface area (Å²) in [5.41, 5.74) is 4.30. The summed E-state index contributed by atoms with van der Waals surface area (Å²) >= 11 is 0. The van der Waals surface area contributed by atoms with Gasteiger partial charge in [-0.2, -0.15) is 5.10 Å². The van der Waals surface area contributed by atoms with E-state index in [-0.39, 0.29) is 11.8 Å². The molecule has 0 spiro atoms. The Morgan fingerprint density at radius 2 is 1.90 bits per heavy atom. The molecule has 154 valence electrons. The molecule has 30 heavy (non-hydrogen) atoms. The second-order valence-corrected chi connectivity index (χ2v) is 7.86. The molecular weight excluding hydrogens is 383 g/mol. The van der Waals surface area contributed by atoms with E-state index in [9.17, 15) is 9.50 Å². The predicted molar refractivity (Wildman–Crippen MR) is 116 cm³/mol. The summed E-state index contributed by atoms with van der Waals surface area (Å²) in [6.07, 6.45) is 1.01. The number of fused-ring (bicyclic) bond motifs is 2. The number of anilines is 1. The van der Waals surface area contributed by atoms with E-state index in [1.54, 1.807) is 11.7 Å². The summed E-state index contributed by atoms with van der Waals surface area (Å²) in [4.78, 5) is 11.4. The number of hydrogen-bond donors (Lipinski definition) is 2. The van der Waals surface area contributed by atoms with E-state index in [2.05, 4.69) is 15.4 Å². The molecule has 1 saturated heterocycles. The molecule has 2 atom stereocenters. The number of likely N-dealkylation sites (N-methyl/N-ethyl adjacent to an activating group) is 1. The van der Waals surface area contributed by atoms with Gasteiger partial charge in [-0.25, -0.2) is 14.4 Å². The first-order valence-corrected chi connectivity index (χ1v) is 9.95. The van der Waals surface area contributed by atoms with Gasteiger partial charge in [-0.15, -0.1) is 0 Å². The topological polar surface area (TPSA) is 79.1 Å². The standard InChI is InChI=1S/C22H23FN6O/c1-12-21-13(9-28(3)27-21)8-14(22(12)30)16-4-5-18-17(25-16)6-7-20(26-18)29-10-15(23)19(11-29)24-2/h4-9,15,19,24,30H,10-11H2,1-3H3/t15-,19+/m0/s1. The predicted octanol–water partition coefficient (Wildman–Crippen LogP) is 2.94. The van der Waals surface area contributed by atoms with Crippen LogP contribution in [0.1, 0.15) is 5.56 Å². The molecule has 0 saturated carbocycles. The average molecular weight is 406 g/mol. The van der Waals surface area contributed by atoms with Crippen molar-refractivity contribution >= 4 is 27.8 Å². The van der Waals surface area contributed by atoms with Crippen molar-refractivity contribution in [1.82, 2.24) is 25.1 Å². The van der Waals surface area contributed by atoms with E-state index >= 15 is 0 Å². The third kappa shape index (κ3) is 2.95. The zero-order valence-corrected chi connectivity index (χ0v) is 17.1. The summed E-state index contributed by atoms with van der Waals surface area (Å²) in [6.45, 7) is 2.77. The van der Waals surface area contributed by atoms with Crippen molar-refractivity contribution in [2.24, 2.45) is 7.05 Å². The van der Waals surface area contributed by atoms with Crippen molar-refractivity contribution in [2.75, 3.05) is 25.0 Å². The number of halogens is 1. The summed E-state index contributed by atoms with van der Waals surface area (Å²) in [5, 5.41) is 19.1. The van der Waals surface area contributed by atoms with Crippen molar-refractivity contribution in [3.05, 3.63) is 42.1 Å². The molecule has 4 aromatic rings. The number of aromatic hydroxyl groups is 1. The van der Waals surface area contributed by atoms with Crippen molar-refractivity contribution in [1.29, 1.82) is 0 Å². The lowest BCUT2D eigenvalue weighted by Crippen LogP contribution is -2.34. The van der Waals surface area contributed by atoms with Crippen LogP contribution >= 0.6 is 0 Å². The SMILES string of the molecule is CN[C@@H]1CN(c2ccc3nc(-c4cc5cn(C)nc5c(C)c4O)ccc3n2)C[C@@H]1F. The Morgan fingerprint density at radius 3 is 2.67 bits per heavy atom. The van der Waals surface area contributed by atoms with Crippen LogP contribution in [0.3, 0.4) is 0 Å². The lowest BCUT2D eigenvalue weighted by atomic mass is 10.0. The van der Waals surface area contributed by atoms with Gasteiger partial charge in [-0.1, -0.05) is 0 Å². The molecule has 1 aliphatic rings.